The van der Waals surface area contributed by atoms with Crippen molar-refractivity contribution in [3.63, 3.8) is 0 Å². The minimum atomic E-state index is -2.67. The second-order valence-electron chi connectivity index (χ2n) is 20.4. The van der Waals surface area contributed by atoms with E-state index in [1.807, 2.05) is 25.7 Å². The Morgan fingerprint density at radius 2 is 1.18 bits per heavy atom. The highest BCUT2D eigenvalue weighted by atomic mass is 28.4. The Labute approximate surface area is 390 Å². The van der Waals surface area contributed by atoms with E-state index in [1.54, 1.807) is 0 Å². The largest absolute Gasteiger partial charge is 0.444 e. The van der Waals surface area contributed by atoms with Crippen molar-refractivity contribution >= 4 is 24.8 Å². The molecule has 5 aromatic rings. The van der Waals surface area contributed by atoms with Crippen LogP contribution in [-0.2, 0) is 24.2 Å². The number of amides is 1. The maximum Gasteiger partial charge on any atom is 0.410 e. The summed E-state index contributed by atoms with van der Waals surface area (Å²) in [5.41, 5.74) is 2.32. The number of nitrogens with zero attached hydrogens (tertiary/aromatic N) is 3. The third kappa shape index (κ3) is 9.92. The molecule has 1 amide bonds. The van der Waals surface area contributed by atoms with Crippen LogP contribution in [0.5, 0.6) is 0 Å². The monoisotopic (exact) mass is 894 g/mol. The van der Waals surface area contributed by atoms with Crippen LogP contribution < -0.4 is 10.4 Å². The van der Waals surface area contributed by atoms with Gasteiger partial charge in [0.15, 0.2) is 0 Å². The van der Waals surface area contributed by atoms with Crippen molar-refractivity contribution in [1.82, 2.24) is 14.7 Å². The zero-order valence-corrected chi connectivity index (χ0v) is 40.7. The molecule has 0 radical (unpaired) electrons. The zero-order chi connectivity index (χ0) is 45.5. The molecule has 3 atom stereocenters. The third-order valence-corrected chi connectivity index (χ3v) is 19.0. The summed E-state index contributed by atoms with van der Waals surface area (Å²) in [4.78, 5) is 21.0. The van der Waals surface area contributed by atoms with Gasteiger partial charge >= 0.3 is 6.09 Å². The van der Waals surface area contributed by atoms with Crippen LogP contribution in [0.1, 0.15) is 83.9 Å². The first kappa shape index (κ1) is 46.9. The van der Waals surface area contributed by atoms with Gasteiger partial charge in [-0.3, -0.25) is 9.80 Å². The van der Waals surface area contributed by atoms with Crippen molar-refractivity contribution in [2.75, 3.05) is 59.2 Å². The fourth-order valence-corrected chi connectivity index (χ4v) is 15.8. The van der Waals surface area contributed by atoms with Gasteiger partial charge in [-0.2, -0.15) is 0 Å². The zero-order valence-electron chi connectivity index (χ0n) is 39.7. The van der Waals surface area contributed by atoms with Gasteiger partial charge in [0.25, 0.3) is 8.32 Å². The van der Waals surface area contributed by atoms with Gasteiger partial charge in [-0.25, -0.2) is 4.79 Å². The number of hydrogen-bond donors (Lipinski definition) is 0. The van der Waals surface area contributed by atoms with E-state index < -0.39 is 19.5 Å². The van der Waals surface area contributed by atoms with Crippen LogP contribution in [0.25, 0.3) is 0 Å². The first-order valence-corrected chi connectivity index (χ1v) is 25.9. The molecule has 0 bridgehead atoms. The van der Waals surface area contributed by atoms with Crippen LogP contribution in [0.4, 0.5) is 4.79 Å². The van der Waals surface area contributed by atoms with E-state index in [-0.39, 0.29) is 28.8 Å². The van der Waals surface area contributed by atoms with Gasteiger partial charge in [0.1, 0.15) is 5.60 Å². The predicted octanol–water partition coefficient (Wildman–Crippen LogP) is 9.51. The van der Waals surface area contributed by atoms with E-state index in [0.717, 1.165) is 32.4 Å². The van der Waals surface area contributed by atoms with E-state index in [9.17, 15) is 4.79 Å². The number of rotatable bonds is 16. The minimum Gasteiger partial charge on any atom is -0.444 e. The number of piperazine rings is 1. The Bertz CT molecular complexity index is 2120. The molecule has 0 aliphatic carbocycles. The molecule has 3 heterocycles. The van der Waals surface area contributed by atoms with E-state index in [0.29, 0.717) is 46.1 Å². The highest BCUT2D eigenvalue weighted by Gasteiger charge is 2.55. The summed E-state index contributed by atoms with van der Waals surface area (Å²) in [7, 11) is -2.67. The van der Waals surface area contributed by atoms with Crippen molar-refractivity contribution in [2.45, 2.75) is 101 Å². The minimum absolute atomic E-state index is 0.0271. The number of ether oxygens (including phenoxy) is 3. The quantitative estimate of drug-likeness (QED) is 0.0556. The summed E-state index contributed by atoms with van der Waals surface area (Å²) < 4.78 is 26.8. The second-order valence-corrected chi connectivity index (χ2v) is 24.7. The lowest BCUT2D eigenvalue weighted by atomic mass is 9.75. The molecule has 8 rings (SSSR count). The van der Waals surface area contributed by atoms with Crippen molar-refractivity contribution in [3.05, 3.63) is 168 Å². The average Bonchev–Trinajstić information content (AvgIpc) is 3.86. The molecule has 0 N–H and O–H groups in total. The topological polar surface area (TPSA) is 63.7 Å². The maximum absolute atomic E-state index is 13.9. The number of hydrogen-bond acceptors (Lipinski definition) is 7. The number of carbonyl (C=O) groups is 1. The first-order chi connectivity index (χ1) is 31.4. The summed E-state index contributed by atoms with van der Waals surface area (Å²) in [5, 5.41) is 2.57. The van der Waals surface area contributed by atoms with Gasteiger partial charge in [-0.15, -0.1) is 0 Å². The normalized spacial score (nSPS) is 21.0. The van der Waals surface area contributed by atoms with Gasteiger partial charge in [0.05, 0.1) is 30.9 Å². The lowest BCUT2D eigenvalue weighted by molar-refractivity contribution is -0.0373. The highest BCUT2D eigenvalue weighted by Crippen LogP contribution is 2.45. The summed E-state index contributed by atoms with van der Waals surface area (Å²) in [5.74, 6) is 0. The van der Waals surface area contributed by atoms with E-state index in [4.69, 9.17) is 18.6 Å². The van der Waals surface area contributed by atoms with Gasteiger partial charge in [0.2, 0.25) is 0 Å². The molecule has 65 heavy (non-hydrogen) atoms. The molecule has 0 aromatic heterocycles. The number of benzene rings is 5. The lowest BCUT2D eigenvalue weighted by Crippen LogP contribution is -2.68. The van der Waals surface area contributed by atoms with Crippen LogP contribution >= 0.6 is 0 Å². The first-order valence-electron chi connectivity index (χ1n) is 24.0. The molecule has 3 aliphatic rings. The summed E-state index contributed by atoms with van der Waals surface area (Å²) in [6.45, 7) is 18.9. The van der Waals surface area contributed by atoms with Crippen molar-refractivity contribution in [3.8, 4) is 0 Å². The van der Waals surface area contributed by atoms with E-state index in [1.165, 1.54) is 33.5 Å². The van der Waals surface area contributed by atoms with Crippen LogP contribution in [0, 0.1) is 0 Å². The Kier molecular flexibility index (Phi) is 14.5. The second kappa shape index (κ2) is 20.1. The highest BCUT2D eigenvalue weighted by molar-refractivity contribution is 6.99. The Balaban J connectivity index is 0.937. The molecule has 9 heteroatoms. The standard InChI is InChI=1S/C56H71N3O5Si/c1-53(2,3)64-52(60)59-37-36-58(56(45-24-12-7-13-25-45,46-26-14-8-15-27-46)47-28-16-9-17-29-47)41-48(59)43-61-38-23-39-62-49-40-55(34-22-35-57(55)42-49)44-63-65(54(4,5)6,50-30-18-10-19-31-50)51-32-20-11-21-33-51/h7-21,24-33,48-49H,22-23,34-44H2,1-6H3/t48?,49-,55-/m1/s1. The molecule has 344 valence electrons. The summed E-state index contributed by atoms with van der Waals surface area (Å²) >= 11 is 0. The SMILES string of the molecule is CC(C)(C)OC(=O)N1CCN(C(c2ccccc2)(c2ccccc2)c2ccccc2)CC1COCCCO[C@H]1CN2CCC[C@]2(CO[Si](c2ccccc2)(c2ccccc2)C(C)(C)C)C1. The van der Waals surface area contributed by atoms with Crippen LogP contribution in [-0.4, -0.2) is 112 Å². The molecule has 3 saturated heterocycles. The Morgan fingerprint density at radius 3 is 1.69 bits per heavy atom. The molecular formula is C56H71N3O5Si. The molecule has 5 aromatic carbocycles. The molecule has 0 spiro atoms. The van der Waals surface area contributed by atoms with Crippen LogP contribution in [0.3, 0.4) is 0 Å². The van der Waals surface area contributed by atoms with Gasteiger partial charge in [0, 0.05) is 44.9 Å². The maximum atomic E-state index is 13.9. The van der Waals surface area contributed by atoms with E-state index >= 15 is 0 Å². The van der Waals surface area contributed by atoms with Gasteiger partial charge in [-0.05, 0) is 85.1 Å². The average molecular weight is 894 g/mol. The van der Waals surface area contributed by atoms with Crippen molar-refractivity contribution < 1.29 is 23.4 Å². The van der Waals surface area contributed by atoms with Crippen LogP contribution in [0.15, 0.2) is 152 Å². The lowest BCUT2D eigenvalue weighted by Gasteiger charge is -2.51. The fourth-order valence-electron chi connectivity index (χ4n) is 11.2. The molecule has 8 nitrogen and oxygen atoms in total. The van der Waals surface area contributed by atoms with Crippen LogP contribution in [0.2, 0.25) is 5.04 Å². The van der Waals surface area contributed by atoms with Crippen molar-refractivity contribution in [2.24, 2.45) is 0 Å². The smallest absolute Gasteiger partial charge is 0.410 e. The molecule has 0 saturated carbocycles. The number of fused-ring (bicyclic) bond motifs is 1. The molecular weight excluding hydrogens is 823 g/mol. The third-order valence-electron chi connectivity index (χ3n) is 14.0. The molecule has 3 fully saturated rings. The fraction of sp³-hybridized carbons (Fsp3) is 0.446. The summed E-state index contributed by atoms with van der Waals surface area (Å²) in [6.07, 6.45) is 3.91. The predicted molar refractivity (Wildman–Crippen MR) is 264 cm³/mol. The Morgan fingerprint density at radius 1 is 0.662 bits per heavy atom. The Hall–Kier alpha value is -4.61. The molecule has 1 unspecified atom stereocenters. The summed E-state index contributed by atoms with van der Waals surface area (Å²) in [6, 6.07) is 54.1. The number of carbonyl (C=O) groups excluding carboxylic acids is 1. The van der Waals surface area contributed by atoms with Gasteiger partial charge < -0.3 is 23.5 Å². The van der Waals surface area contributed by atoms with Gasteiger partial charge in [-0.1, -0.05) is 172 Å². The van der Waals surface area contributed by atoms with E-state index in [2.05, 4.69) is 182 Å². The van der Waals surface area contributed by atoms with Crippen molar-refractivity contribution in [1.29, 1.82) is 0 Å². The molecule has 3 aliphatic heterocycles.